The van der Waals surface area contributed by atoms with Crippen LogP contribution in [-0.2, 0) is 9.53 Å². The molecule has 6 heteroatoms. The Bertz CT molecular complexity index is 304. The van der Waals surface area contributed by atoms with Crippen LogP contribution < -0.4 is 10.6 Å². The van der Waals surface area contributed by atoms with E-state index in [0.29, 0.717) is 6.61 Å². The maximum absolute atomic E-state index is 11.5. The van der Waals surface area contributed by atoms with Gasteiger partial charge in [-0.15, -0.1) is 0 Å². The first-order chi connectivity index (χ1) is 7.83. The molecule has 0 saturated carbocycles. The summed E-state index contributed by atoms with van der Waals surface area (Å²) in [5.74, 6) is -0.935. The third-order valence-electron chi connectivity index (χ3n) is 2.96. The molecule has 0 radical (unpaired) electrons. The lowest BCUT2D eigenvalue weighted by Gasteiger charge is -2.21. The Morgan fingerprint density at radius 2 is 2.12 bits per heavy atom. The van der Waals surface area contributed by atoms with Gasteiger partial charge >= 0.3 is 12.0 Å². The van der Waals surface area contributed by atoms with Gasteiger partial charge in [-0.25, -0.2) is 4.79 Å². The fraction of sp³-hybridized carbons (Fsp3) is 0.818. The predicted octanol–water partition coefficient (Wildman–Crippen LogP) is 0.574. The second-order valence-electron chi connectivity index (χ2n) is 4.99. The van der Waals surface area contributed by atoms with Crippen molar-refractivity contribution in [3.05, 3.63) is 0 Å². The summed E-state index contributed by atoms with van der Waals surface area (Å²) in [6.45, 7) is 5.77. The summed E-state index contributed by atoms with van der Waals surface area (Å²) in [4.78, 5) is 22.4. The van der Waals surface area contributed by atoms with Crippen molar-refractivity contribution in [3.8, 4) is 0 Å². The molecule has 0 aliphatic carbocycles. The number of carbonyl (C=O) groups is 2. The zero-order valence-electron chi connectivity index (χ0n) is 10.4. The first-order valence-electron chi connectivity index (χ1n) is 5.72. The van der Waals surface area contributed by atoms with Gasteiger partial charge in [0.1, 0.15) is 0 Å². The van der Waals surface area contributed by atoms with Crippen LogP contribution in [0.3, 0.4) is 0 Å². The van der Waals surface area contributed by atoms with Crippen molar-refractivity contribution in [2.45, 2.75) is 39.3 Å². The Morgan fingerprint density at radius 1 is 1.47 bits per heavy atom. The van der Waals surface area contributed by atoms with Gasteiger partial charge in [-0.1, -0.05) is 0 Å². The maximum atomic E-state index is 11.5. The molecule has 1 aliphatic heterocycles. The summed E-state index contributed by atoms with van der Waals surface area (Å²) in [6.07, 6.45) is 0.796. The standard InChI is InChI=1S/C11H20N2O4/c1-7-8(4-5-17-7)13-10(16)12-6-11(2,3)9(14)15/h7-8H,4-6H2,1-3H3,(H,14,15)(H2,12,13,16). The fourth-order valence-corrected chi connectivity index (χ4v) is 1.52. The van der Waals surface area contributed by atoms with Crippen LogP contribution >= 0.6 is 0 Å². The fourth-order valence-electron chi connectivity index (χ4n) is 1.52. The van der Waals surface area contributed by atoms with Crippen LogP contribution in [0.25, 0.3) is 0 Å². The van der Waals surface area contributed by atoms with Crippen molar-refractivity contribution < 1.29 is 19.4 Å². The average Bonchev–Trinajstić information content (AvgIpc) is 2.61. The van der Waals surface area contributed by atoms with E-state index in [1.165, 1.54) is 0 Å². The van der Waals surface area contributed by atoms with Crippen LogP contribution in [-0.4, -0.2) is 42.4 Å². The summed E-state index contributed by atoms with van der Waals surface area (Å²) in [6, 6.07) is -0.343. The van der Waals surface area contributed by atoms with E-state index in [1.807, 2.05) is 6.92 Å². The molecule has 17 heavy (non-hydrogen) atoms. The van der Waals surface area contributed by atoms with E-state index >= 15 is 0 Å². The summed E-state index contributed by atoms with van der Waals surface area (Å²) in [5.41, 5.74) is -0.963. The zero-order chi connectivity index (χ0) is 13.1. The highest BCUT2D eigenvalue weighted by atomic mass is 16.5. The van der Waals surface area contributed by atoms with Gasteiger partial charge in [-0.05, 0) is 27.2 Å². The Kier molecular flexibility index (Phi) is 4.34. The predicted molar refractivity (Wildman–Crippen MR) is 61.8 cm³/mol. The zero-order valence-corrected chi connectivity index (χ0v) is 10.4. The van der Waals surface area contributed by atoms with Crippen LogP contribution in [0.5, 0.6) is 0 Å². The van der Waals surface area contributed by atoms with E-state index in [0.717, 1.165) is 6.42 Å². The molecular formula is C11H20N2O4. The van der Waals surface area contributed by atoms with Gasteiger partial charge in [-0.3, -0.25) is 4.79 Å². The number of carbonyl (C=O) groups excluding carboxylic acids is 1. The first-order valence-corrected chi connectivity index (χ1v) is 5.72. The van der Waals surface area contributed by atoms with Gasteiger partial charge in [0.25, 0.3) is 0 Å². The lowest BCUT2D eigenvalue weighted by atomic mass is 9.94. The van der Waals surface area contributed by atoms with Gasteiger partial charge in [-0.2, -0.15) is 0 Å². The topological polar surface area (TPSA) is 87.7 Å². The molecule has 1 heterocycles. The van der Waals surface area contributed by atoms with Crippen molar-refractivity contribution in [1.29, 1.82) is 0 Å². The molecule has 3 N–H and O–H groups in total. The molecule has 0 aromatic rings. The molecule has 1 aliphatic rings. The monoisotopic (exact) mass is 244 g/mol. The number of aliphatic carboxylic acids is 1. The number of carboxylic acids is 1. The smallest absolute Gasteiger partial charge is 0.315 e. The SMILES string of the molecule is CC1OCCC1NC(=O)NCC(C)(C)C(=O)O. The van der Waals surface area contributed by atoms with Crippen molar-refractivity contribution in [1.82, 2.24) is 10.6 Å². The molecule has 1 fully saturated rings. The van der Waals surface area contributed by atoms with Gasteiger partial charge in [0.2, 0.25) is 0 Å². The third-order valence-corrected chi connectivity index (χ3v) is 2.96. The van der Waals surface area contributed by atoms with E-state index in [-0.39, 0.29) is 24.7 Å². The number of hydrogen-bond donors (Lipinski definition) is 3. The minimum absolute atomic E-state index is 0.00272. The summed E-state index contributed by atoms with van der Waals surface area (Å²) < 4.78 is 5.31. The van der Waals surface area contributed by atoms with Gasteiger partial charge in [0, 0.05) is 13.2 Å². The van der Waals surface area contributed by atoms with Gasteiger partial charge < -0.3 is 20.5 Å². The highest BCUT2D eigenvalue weighted by molar-refractivity contribution is 5.77. The van der Waals surface area contributed by atoms with Crippen LogP contribution in [0.2, 0.25) is 0 Å². The number of amides is 2. The van der Waals surface area contributed by atoms with E-state index in [2.05, 4.69) is 10.6 Å². The minimum atomic E-state index is -0.963. The molecule has 0 aromatic carbocycles. The number of ether oxygens (including phenoxy) is 1. The van der Waals surface area contributed by atoms with E-state index < -0.39 is 11.4 Å². The number of nitrogens with one attached hydrogen (secondary N) is 2. The minimum Gasteiger partial charge on any atom is -0.481 e. The molecule has 0 spiro atoms. The quantitative estimate of drug-likeness (QED) is 0.674. The lowest BCUT2D eigenvalue weighted by molar-refractivity contribution is -0.146. The molecule has 2 amide bonds. The molecule has 0 bridgehead atoms. The molecular weight excluding hydrogens is 224 g/mol. The summed E-state index contributed by atoms with van der Waals surface area (Å²) in [5, 5.41) is 14.2. The first kappa shape index (κ1) is 13.8. The molecule has 6 nitrogen and oxygen atoms in total. The van der Waals surface area contributed by atoms with E-state index in [9.17, 15) is 9.59 Å². The van der Waals surface area contributed by atoms with Crippen molar-refractivity contribution in [3.63, 3.8) is 0 Å². The van der Waals surface area contributed by atoms with Crippen molar-refractivity contribution in [2.24, 2.45) is 5.41 Å². The van der Waals surface area contributed by atoms with Gasteiger partial charge in [0.05, 0.1) is 17.6 Å². The lowest BCUT2D eigenvalue weighted by Crippen LogP contribution is -2.48. The number of urea groups is 1. The van der Waals surface area contributed by atoms with E-state index in [1.54, 1.807) is 13.8 Å². The van der Waals surface area contributed by atoms with E-state index in [4.69, 9.17) is 9.84 Å². The number of rotatable bonds is 4. The molecule has 0 aromatic heterocycles. The highest BCUT2D eigenvalue weighted by Crippen LogP contribution is 2.14. The van der Waals surface area contributed by atoms with Crippen LogP contribution in [0.15, 0.2) is 0 Å². The Hall–Kier alpha value is -1.30. The van der Waals surface area contributed by atoms with Crippen LogP contribution in [0.1, 0.15) is 27.2 Å². The molecule has 1 saturated heterocycles. The third kappa shape index (κ3) is 3.89. The van der Waals surface area contributed by atoms with Crippen molar-refractivity contribution in [2.75, 3.05) is 13.2 Å². The second-order valence-corrected chi connectivity index (χ2v) is 4.99. The molecule has 2 unspecified atom stereocenters. The Morgan fingerprint density at radius 3 is 2.59 bits per heavy atom. The summed E-state index contributed by atoms with van der Waals surface area (Å²) in [7, 11) is 0. The normalized spacial score (nSPS) is 24.4. The Balaban J connectivity index is 2.33. The second kappa shape index (κ2) is 5.35. The van der Waals surface area contributed by atoms with Crippen LogP contribution in [0.4, 0.5) is 4.79 Å². The molecule has 2 atom stereocenters. The number of hydrogen-bond acceptors (Lipinski definition) is 3. The molecule has 98 valence electrons. The summed E-state index contributed by atoms with van der Waals surface area (Å²) >= 11 is 0. The highest BCUT2D eigenvalue weighted by Gasteiger charge is 2.29. The van der Waals surface area contributed by atoms with Crippen molar-refractivity contribution >= 4 is 12.0 Å². The van der Waals surface area contributed by atoms with Gasteiger partial charge in [0.15, 0.2) is 0 Å². The largest absolute Gasteiger partial charge is 0.481 e. The average molecular weight is 244 g/mol. The number of carboxylic acid groups (broad SMARTS) is 1. The van der Waals surface area contributed by atoms with Crippen LogP contribution in [0, 0.1) is 5.41 Å². The molecule has 1 rings (SSSR count). The Labute approximate surface area is 101 Å². The maximum Gasteiger partial charge on any atom is 0.315 e.